The first kappa shape index (κ1) is 17.4. The van der Waals surface area contributed by atoms with Crippen LogP contribution in [0.5, 0.6) is 0 Å². The third kappa shape index (κ3) is 3.66. The lowest BCUT2D eigenvalue weighted by atomic mass is 10.1. The summed E-state index contributed by atoms with van der Waals surface area (Å²) in [5, 5.41) is 5.27. The van der Waals surface area contributed by atoms with Crippen LogP contribution in [-0.2, 0) is 6.42 Å². The number of nitrogens with one attached hydrogen (secondary N) is 2. The van der Waals surface area contributed by atoms with E-state index in [0.717, 1.165) is 38.6 Å². The van der Waals surface area contributed by atoms with Crippen LogP contribution in [0.1, 0.15) is 41.0 Å². The predicted octanol–water partition coefficient (Wildman–Crippen LogP) is 4.96. The molecule has 0 saturated heterocycles. The van der Waals surface area contributed by atoms with Crippen molar-refractivity contribution in [1.29, 1.82) is 0 Å². The zero-order valence-corrected chi connectivity index (χ0v) is 16.1. The van der Waals surface area contributed by atoms with E-state index in [0.29, 0.717) is 5.69 Å². The molecule has 0 radical (unpaired) electrons. The second kappa shape index (κ2) is 7.23. The van der Waals surface area contributed by atoms with Crippen LogP contribution in [0.4, 0.5) is 0 Å². The van der Waals surface area contributed by atoms with E-state index in [1.54, 1.807) is 0 Å². The van der Waals surface area contributed by atoms with Gasteiger partial charge in [-0.3, -0.25) is 4.79 Å². The summed E-state index contributed by atoms with van der Waals surface area (Å²) < 4.78 is 0.985. The van der Waals surface area contributed by atoms with Gasteiger partial charge < -0.3 is 4.98 Å². The van der Waals surface area contributed by atoms with E-state index < -0.39 is 0 Å². The van der Waals surface area contributed by atoms with Gasteiger partial charge in [0.25, 0.3) is 5.91 Å². The Morgan fingerprint density at radius 1 is 1.20 bits per heavy atom. The number of halogens is 1. The zero-order chi connectivity index (χ0) is 18.0. The Hall–Kier alpha value is -2.40. The monoisotopic (exact) mass is 397 g/mol. The molecule has 25 heavy (non-hydrogen) atoms. The number of hydrogen-bond donors (Lipinski definition) is 2. The van der Waals surface area contributed by atoms with Gasteiger partial charge in [0.05, 0.1) is 5.71 Å². The third-order valence-electron chi connectivity index (χ3n) is 4.35. The Balaban J connectivity index is 1.80. The van der Waals surface area contributed by atoms with Crippen LogP contribution in [0, 0.1) is 6.92 Å². The molecule has 1 amide bonds. The average molecular weight is 398 g/mol. The molecule has 3 rings (SSSR count). The van der Waals surface area contributed by atoms with Crippen molar-refractivity contribution in [3.8, 4) is 0 Å². The van der Waals surface area contributed by atoms with Gasteiger partial charge in [-0.05, 0) is 55.2 Å². The smallest absolute Gasteiger partial charge is 0.288 e. The van der Waals surface area contributed by atoms with Crippen molar-refractivity contribution in [1.82, 2.24) is 10.4 Å². The van der Waals surface area contributed by atoms with Crippen LogP contribution in [0.2, 0.25) is 0 Å². The van der Waals surface area contributed by atoms with Gasteiger partial charge >= 0.3 is 0 Å². The van der Waals surface area contributed by atoms with Crippen molar-refractivity contribution >= 4 is 38.5 Å². The maximum Gasteiger partial charge on any atom is 0.288 e. The number of H-pyrrole nitrogens is 1. The molecule has 0 unspecified atom stereocenters. The largest absolute Gasteiger partial charge is 0.350 e. The summed E-state index contributed by atoms with van der Waals surface area (Å²) in [7, 11) is 0. The number of nitrogens with zero attached hydrogens (tertiary/aromatic N) is 1. The molecule has 1 heterocycles. The van der Waals surface area contributed by atoms with Gasteiger partial charge in [0.1, 0.15) is 5.69 Å². The van der Waals surface area contributed by atoms with Crippen LogP contribution >= 0.6 is 15.9 Å². The van der Waals surface area contributed by atoms with Gasteiger partial charge in [0.15, 0.2) is 0 Å². The van der Waals surface area contributed by atoms with Gasteiger partial charge in [-0.2, -0.15) is 5.10 Å². The zero-order valence-electron chi connectivity index (χ0n) is 14.5. The molecule has 0 aliphatic rings. The van der Waals surface area contributed by atoms with E-state index in [9.17, 15) is 4.79 Å². The second-order valence-electron chi connectivity index (χ2n) is 6.00. The minimum Gasteiger partial charge on any atom is -0.350 e. The predicted molar refractivity (Wildman–Crippen MR) is 106 cm³/mol. The number of aromatic nitrogens is 1. The SMILES string of the molecule is CCc1ccc(/C(C)=N\NC(=O)c2[nH]c3ccc(Br)cc3c2C)cc1. The summed E-state index contributed by atoms with van der Waals surface area (Å²) in [6.45, 7) is 5.94. The number of rotatable bonds is 4. The number of aromatic amines is 1. The number of aryl methyl sites for hydroxylation is 2. The second-order valence-corrected chi connectivity index (χ2v) is 6.92. The Morgan fingerprint density at radius 2 is 1.92 bits per heavy atom. The summed E-state index contributed by atoms with van der Waals surface area (Å²) >= 11 is 3.46. The summed E-state index contributed by atoms with van der Waals surface area (Å²) in [6, 6.07) is 14.1. The molecule has 0 fully saturated rings. The molecule has 0 aliphatic heterocycles. The molecule has 1 aromatic heterocycles. The normalized spacial score (nSPS) is 11.8. The molecule has 0 aliphatic carbocycles. The number of hydrazone groups is 1. The minimum absolute atomic E-state index is 0.241. The van der Waals surface area contributed by atoms with Crippen LogP contribution in [0.15, 0.2) is 52.0 Å². The molecular weight excluding hydrogens is 378 g/mol. The Morgan fingerprint density at radius 3 is 2.60 bits per heavy atom. The van der Waals surface area contributed by atoms with Gasteiger partial charge in [-0.1, -0.05) is 47.1 Å². The summed E-state index contributed by atoms with van der Waals surface area (Å²) in [5.74, 6) is -0.241. The Kier molecular flexibility index (Phi) is 5.04. The van der Waals surface area contributed by atoms with Crippen molar-refractivity contribution in [3.63, 3.8) is 0 Å². The number of fused-ring (bicyclic) bond motifs is 1. The molecule has 0 saturated carbocycles. The van der Waals surface area contributed by atoms with E-state index in [4.69, 9.17) is 0 Å². The Bertz CT molecular complexity index is 955. The maximum absolute atomic E-state index is 12.5. The van der Waals surface area contributed by atoms with E-state index in [-0.39, 0.29) is 5.91 Å². The van der Waals surface area contributed by atoms with Gasteiger partial charge in [0.2, 0.25) is 0 Å². The standard InChI is InChI=1S/C20H20BrN3O/c1-4-14-5-7-15(8-6-14)13(3)23-24-20(25)19-12(2)17-11-16(21)9-10-18(17)22-19/h5-11,22H,4H2,1-3H3,(H,24,25)/b23-13-. The number of amides is 1. The lowest BCUT2D eigenvalue weighted by molar-refractivity contribution is 0.0950. The van der Waals surface area contributed by atoms with E-state index in [2.05, 4.69) is 50.5 Å². The highest BCUT2D eigenvalue weighted by molar-refractivity contribution is 9.10. The first-order valence-electron chi connectivity index (χ1n) is 8.21. The fourth-order valence-corrected chi connectivity index (χ4v) is 3.12. The highest BCUT2D eigenvalue weighted by Gasteiger charge is 2.14. The third-order valence-corrected chi connectivity index (χ3v) is 4.85. The molecular formula is C20H20BrN3O. The molecule has 0 spiro atoms. The van der Waals surface area contributed by atoms with Crippen molar-refractivity contribution in [2.45, 2.75) is 27.2 Å². The van der Waals surface area contributed by atoms with Gasteiger partial charge in [0, 0.05) is 15.4 Å². The molecule has 5 heteroatoms. The van der Waals surface area contributed by atoms with Crippen molar-refractivity contribution in [2.75, 3.05) is 0 Å². The summed E-state index contributed by atoms with van der Waals surface area (Å²) in [4.78, 5) is 15.7. The number of carbonyl (C=O) groups is 1. The van der Waals surface area contributed by atoms with Crippen LogP contribution in [-0.4, -0.2) is 16.6 Å². The lowest BCUT2D eigenvalue weighted by Crippen LogP contribution is -2.20. The van der Waals surface area contributed by atoms with Crippen LogP contribution < -0.4 is 5.43 Å². The Labute approximate surface area is 155 Å². The molecule has 128 valence electrons. The maximum atomic E-state index is 12.5. The molecule has 0 bridgehead atoms. The number of hydrogen-bond acceptors (Lipinski definition) is 2. The molecule has 2 aromatic carbocycles. The minimum atomic E-state index is -0.241. The fraction of sp³-hybridized carbons (Fsp3) is 0.200. The quantitative estimate of drug-likeness (QED) is 0.474. The molecule has 4 nitrogen and oxygen atoms in total. The first-order valence-corrected chi connectivity index (χ1v) is 9.00. The average Bonchev–Trinajstić information content (AvgIpc) is 2.96. The van der Waals surface area contributed by atoms with Crippen LogP contribution in [0.25, 0.3) is 10.9 Å². The van der Waals surface area contributed by atoms with Crippen molar-refractivity contribution in [2.24, 2.45) is 5.10 Å². The highest BCUT2D eigenvalue weighted by atomic mass is 79.9. The number of carbonyl (C=O) groups excluding carboxylic acids is 1. The number of benzene rings is 2. The van der Waals surface area contributed by atoms with Crippen molar-refractivity contribution < 1.29 is 4.79 Å². The summed E-state index contributed by atoms with van der Waals surface area (Å²) in [6.07, 6.45) is 1.00. The highest BCUT2D eigenvalue weighted by Crippen LogP contribution is 2.25. The van der Waals surface area contributed by atoms with Gasteiger partial charge in [-0.25, -0.2) is 5.43 Å². The van der Waals surface area contributed by atoms with E-state index in [1.165, 1.54) is 5.56 Å². The van der Waals surface area contributed by atoms with Gasteiger partial charge in [-0.15, -0.1) is 0 Å². The van der Waals surface area contributed by atoms with E-state index >= 15 is 0 Å². The van der Waals surface area contributed by atoms with Crippen molar-refractivity contribution in [3.05, 3.63) is 69.3 Å². The molecule has 0 atom stereocenters. The van der Waals surface area contributed by atoms with Crippen LogP contribution in [0.3, 0.4) is 0 Å². The lowest BCUT2D eigenvalue weighted by Gasteiger charge is -2.04. The molecule has 2 N–H and O–H groups in total. The topological polar surface area (TPSA) is 57.2 Å². The first-order chi connectivity index (χ1) is 12.0. The molecule has 3 aromatic rings. The fourth-order valence-electron chi connectivity index (χ4n) is 2.76. The summed E-state index contributed by atoms with van der Waals surface area (Å²) in [5.41, 5.74) is 8.07. The van der Waals surface area contributed by atoms with E-state index in [1.807, 2.05) is 44.2 Å².